The third-order valence-corrected chi connectivity index (χ3v) is 9.32. The molecule has 2 N–H and O–H groups in total. The number of rotatable bonds is 30. The van der Waals surface area contributed by atoms with Crippen LogP contribution >= 0.6 is 24.4 Å². The van der Waals surface area contributed by atoms with Crippen molar-refractivity contribution in [2.24, 2.45) is 0 Å². The van der Waals surface area contributed by atoms with Crippen LogP contribution in [0.15, 0.2) is 0 Å². The maximum absolute atomic E-state index is 10.7. The molecule has 1 fully saturated rings. The Morgan fingerprint density at radius 1 is 0.628 bits per heavy atom. The normalized spacial score (nSPS) is 19.0. The van der Waals surface area contributed by atoms with Crippen LogP contribution in [0.5, 0.6) is 0 Å². The monoisotopic (exact) mass is 644 g/mol. The molecule has 0 aromatic heterocycles. The van der Waals surface area contributed by atoms with E-state index in [1.54, 1.807) is 0 Å². The maximum Gasteiger partial charge on any atom is 0.160 e. The van der Waals surface area contributed by atoms with Crippen LogP contribution in [0.25, 0.3) is 0 Å². The molecule has 0 spiro atoms. The summed E-state index contributed by atoms with van der Waals surface area (Å²) < 4.78 is 17.3. The summed E-state index contributed by atoms with van der Waals surface area (Å²) in [5.41, 5.74) is 0. The van der Waals surface area contributed by atoms with Gasteiger partial charge in [-0.2, -0.15) is 0 Å². The summed E-state index contributed by atoms with van der Waals surface area (Å²) in [6.07, 6.45) is 29.6. The summed E-state index contributed by atoms with van der Waals surface area (Å²) in [7, 11) is 0. The Labute approximate surface area is 276 Å². The number of hydrogen-bond donors (Lipinski definition) is 2. The van der Waals surface area contributed by atoms with Crippen LogP contribution < -0.4 is 0 Å². The summed E-state index contributed by atoms with van der Waals surface area (Å²) in [5, 5.41) is 22.1. The predicted molar refractivity (Wildman–Crippen MR) is 189 cm³/mol. The highest BCUT2D eigenvalue weighted by Gasteiger charge is 2.43. The summed E-state index contributed by atoms with van der Waals surface area (Å²) in [5.74, 6) is 0. The van der Waals surface area contributed by atoms with Gasteiger partial charge in [-0.3, -0.25) is 0 Å². The minimum absolute atomic E-state index is 0.0415. The van der Waals surface area contributed by atoms with Gasteiger partial charge in [0.25, 0.3) is 0 Å². The van der Waals surface area contributed by atoms with E-state index in [0.29, 0.717) is 16.5 Å². The number of aliphatic hydroxyl groups is 2. The molecule has 254 valence electrons. The minimum atomic E-state index is -0.934. The Morgan fingerprint density at radius 2 is 1.00 bits per heavy atom. The van der Waals surface area contributed by atoms with Gasteiger partial charge in [0.05, 0.1) is 6.61 Å². The molecule has 1 heterocycles. The lowest BCUT2D eigenvalue weighted by atomic mass is 10.0. The first-order valence-electron chi connectivity index (χ1n) is 18.3. The number of thiocarbonyl (C=S) groups is 2. The van der Waals surface area contributed by atoms with E-state index in [2.05, 4.69) is 13.8 Å². The van der Waals surface area contributed by atoms with Crippen molar-refractivity contribution in [3.8, 4) is 0 Å². The van der Waals surface area contributed by atoms with Crippen molar-refractivity contribution < 1.29 is 24.4 Å². The fraction of sp³-hybridized carbons (Fsp3) is 0.944. The third-order valence-electron chi connectivity index (χ3n) is 8.69. The van der Waals surface area contributed by atoms with Crippen molar-refractivity contribution >= 4 is 34.5 Å². The lowest BCUT2D eigenvalue weighted by Crippen LogP contribution is -2.43. The average molecular weight is 645 g/mol. The van der Waals surface area contributed by atoms with E-state index < -0.39 is 24.4 Å². The summed E-state index contributed by atoms with van der Waals surface area (Å²) in [6, 6.07) is 0. The quantitative estimate of drug-likeness (QED) is 0.0596. The Balaban J connectivity index is 2.07. The molecular weight excluding hydrogens is 577 g/mol. The Morgan fingerprint density at radius 3 is 1.42 bits per heavy atom. The summed E-state index contributed by atoms with van der Waals surface area (Å²) in [6.45, 7) is 4.69. The van der Waals surface area contributed by atoms with Crippen LogP contribution in [-0.2, 0) is 14.2 Å². The average Bonchev–Trinajstić information content (AvgIpc) is 3.36. The molecule has 5 nitrogen and oxygen atoms in total. The SMILES string of the molecule is CCCCCCCCCCCCCCC(=S)OC[C@H](O)[C@@H]1OC[C@@H](O)[C@@H]1OC(=S)CCCCCCCCCCCCCC. The first-order valence-corrected chi connectivity index (χ1v) is 19.1. The number of hydrogen-bond acceptors (Lipinski definition) is 7. The van der Waals surface area contributed by atoms with Gasteiger partial charge in [0.2, 0.25) is 0 Å². The molecule has 43 heavy (non-hydrogen) atoms. The van der Waals surface area contributed by atoms with E-state index in [1.807, 2.05) is 0 Å². The zero-order chi connectivity index (χ0) is 31.4. The predicted octanol–water partition coefficient (Wildman–Crippen LogP) is 10.3. The third kappa shape index (κ3) is 22.8. The smallest absolute Gasteiger partial charge is 0.160 e. The first kappa shape index (κ1) is 40.7. The molecule has 1 rings (SSSR count). The second-order valence-corrected chi connectivity index (χ2v) is 13.8. The molecule has 1 aliphatic heterocycles. The van der Waals surface area contributed by atoms with Crippen LogP contribution in [-0.4, -0.2) is 57.9 Å². The van der Waals surface area contributed by atoms with Crippen molar-refractivity contribution in [2.75, 3.05) is 13.2 Å². The molecule has 0 aromatic carbocycles. The topological polar surface area (TPSA) is 68.2 Å². The van der Waals surface area contributed by atoms with Crippen LogP contribution in [0.1, 0.15) is 181 Å². The van der Waals surface area contributed by atoms with E-state index in [-0.39, 0.29) is 13.2 Å². The lowest BCUT2D eigenvalue weighted by molar-refractivity contribution is -0.0620. The second-order valence-electron chi connectivity index (χ2n) is 12.8. The highest BCUT2D eigenvalue weighted by Crippen LogP contribution is 2.23. The van der Waals surface area contributed by atoms with Gasteiger partial charge >= 0.3 is 0 Å². The van der Waals surface area contributed by atoms with E-state index >= 15 is 0 Å². The molecule has 1 saturated heterocycles. The van der Waals surface area contributed by atoms with Gasteiger partial charge in [-0.25, -0.2) is 0 Å². The maximum atomic E-state index is 10.7. The molecular formula is C36H68O5S2. The zero-order valence-corrected chi connectivity index (χ0v) is 29.7. The Kier molecular flexibility index (Phi) is 27.5. The van der Waals surface area contributed by atoms with Crippen LogP contribution in [0.2, 0.25) is 0 Å². The largest absolute Gasteiger partial charge is 0.484 e. The molecule has 0 amide bonds. The van der Waals surface area contributed by atoms with Crippen molar-refractivity contribution in [3.05, 3.63) is 0 Å². The summed E-state index contributed by atoms with van der Waals surface area (Å²) >= 11 is 10.9. The highest BCUT2D eigenvalue weighted by molar-refractivity contribution is 7.80. The molecule has 0 bridgehead atoms. The van der Waals surface area contributed by atoms with Crippen LogP contribution in [0.4, 0.5) is 0 Å². The van der Waals surface area contributed by atoms with Crippen molar-refractivity contribution in [2.45, 2.75) is 205 Å². The lowest BCUT2D eigenvalue weighted by Gasteiger charge is -2.26. The van der Waals surface area contributed by atoms with Crippen molar-refractivity contribution in [1.29, 1.82) is 0 Å². The van der Waals surface area contributed by atoms with E-state index in [9.17, 15) is 10.2 Å². The zero-order valence-electron chi connectivity index (χ0n) is 28.0. The van der Waals surface area contributed by atoms with E-state index in [1.165, 1.54) is 128 Å². The van der Waals surface area contributed by atoms with Gasteiger partial charge in [-0.1, -0.05) is 155 Å². The summed E-state index contributed by atoms with van der Waals surface area (Å²) in [4.78, 5) is 0. The fourth-order valence-electron chi connectivity index (χ4n) is 5.87. The molecule has 0 aliphatic carbocycles. The molecule has 4 atom stereocenters. The van der Waals surface area contributed by atoms with Gasteiger partial charge < -0.3 is 24.4 Å². The van der Waals surface area contributed by atoms with Crippen LogP contribution in [0.3, 0.4) is 0 Å². The van der Waals surface area contributed by atoms with Crippen LogP contribution in [0, 0.1) is 0 Å². The van der Waals surface area contributed by atoms with Gasteiger partial charge in [0.15, 0.2) is 16.2 Å². The van der Waals surface area contributed by atoms with E-state index in [0.717, 1.165) is 32.1 Å². The van der Waals surface area contributed by atoms with Crippen molar-refractivity contribution in [3.63, 3.8) is 0 Å². The molecule has 0 radical (unpaired) electrons. The number of aliphatic hydroxyl groups excluding tert-OH is 2. The number of ether oxygens (including phenoxy) is 3. The first-order chi connectivity index (χ1) is 21.0. The molecule has 0 saturated carbocycles. The van der Waals surface area contributed by atoms with Gasteiger partial charge in [0.1, 0.15) is 24.9 Å². The van der Waals surface area contributed by atoms with Gasteiger partial charge in [0, 0.05) is 12.8 Å². The molecule has 0 unspecified atom stereocenters. The molecule has 1 aliphatic rings. The fourth-order valence-corrected chi connectivity index (χ4v) is 6.34. The Bertz CT molecular complexity index is 662. The Hall–Kier alpha value is -0.340. The highest BCUT2D eigenvalue weighted by atomic mass is 32.1. The standard InChI is InChI=1S/C36H68O5S2/c1-3-5-7-9-11-13-15-17-19-21-23-25-27-33(42)39-29-31(37)35-36(32(38)30-40-35)41-34(43)28-26-24-22-20-18-16-14-12-10-8-6-4-2/h31-32,35-38H,3-30H2,1-2H3/t31-,32+,35-,36-/m0/s1. The van der Waals surface area contributed by atoms with Gasteiger partial charge in [-0.05, 0) is 37.3 Å². The molecule has 0 aromatic rings. The van der Waals surface area contributed by atoms with Gasteiger partial charge in [-0.15, -0.1) is 0 Å². The van der Waals surface area contributed by atoms with Crippen molar-refractivity contribution in [1.82, 2.24) is 0 Å². The minimum Gasteiger partial charge on any atom is -0.484 e. The number of unbranched alkanes of at least 4 members (excludes halogenated alkanes) is 22. The molecule has 7 heteroatoms. The van der Waals surface area contributed by atoms with E-state index in [4.69, 9.17) is 38.6 Å². The second kappa shape index (κ2) is 29.1.